The van der Waals surface area contributed by atoms with Crippen molar-refractivity contribution in [2.45, 2.75) is 39.3 Å². The number of carbonyl (C=O) groups is 2. The summed E-state index contributed by atoms with van der Waals surface area (Å²) in [5.74, 6) is -1.25. The number of benzene rings is 2. The number of likely N-dealkylation sites (tertiary alicyclic amines) is 1. The fourth-order valence-electron chi connectivity index (χ4n) is 3.85. The van der Waals surface area contributed by atoms with Gasteiger partial charge in [-0.2, -0.15) is 0 Å². The van der Waals surface area contributed by atoms with Crippen LogP contribution in [0.25, 0.3) is 0 Å². The third kappa shape index (κ3) is 4.96. The summed E-state index contributed by atoms with van der Waals surface area (Å²) >= 11 is 0. The molecule has 30 heavy (non-hydrogen) atoms. The van der Waals surface area contributed by atoms with Crippen molar-refractivity contribution < 1.29 is 18.4 Å². The first kappa shape index (κ1) is 21.7. The number of hydrogen-bond donors (Lipinski definition) is 2. The van der Waals surface area contributed by atoms with E-state index in [0.717, 1.165) is 5.56 Å². The van der Waals surface area contributed by atoms with Gasteiger partial charge < -0.3 is 15.5 Å². The van der Waals surface area contributed by atoms with Crippen LogP contribution in [-0.4, -0.2) is 29.9 Å². The first-order valence-corrected chi connectivity index (χ1v) is 10.2. The largest absolute Gasteiger partial charge is 0.352 e. The number of carbonyl (C=O) groups excluding carboxylic acids is 2. The summed E-state index contributed by atoms with van der Waals surface area (Å²) in [6.45, 7) is 4.34. The van der Waals surface area contributed by atoms with E-state index < -0.39 is 5.92 Å². The smallest absolute Gasteiger partial charge is 0.317 e. The second-order valence-electron chi connectivity index (χ2n) is 7.60. The Balaban J connectivity index is 1.72. The first-order valence-electron chi connectivity index (χ1n) is 10.2. The maximum absolute atomic E-state index is 13.8. The van der Waals surface area contributed by atoms with E-state index in [9.17, 15) is 18.4 Å². The number of amides is 3. The summed E-state index contributed by atoms with van der Waals surface area (Å²) in [6, 6.07) is 10.7. The molecule has 1 aliphatic rings. The molecule has 1 fully saturated rings. The fraction of sp³-hybridized carbons (Fsp3) is 0.391. The van der Waals surface area contributed by atoms with Gasteiger partial charge in [-0.15, -0.1) is 0 Å². The van der Waals surface area contributed by atoms with Gasteiger partial charge in [-0.1, -0.05) is 30.3 Å². The second kappa shape index (κ2) is 9.69. The molecule has 0 radical (unpaired) electrons. The van der Waals surface area contributed by atoms with Crippen LogP contribution in [0, 0.1) is 24.5 Å². The van der Waals surface area contributed by atoms with Crippen molar-refractivity contribution >= 4 is 11.9 Å². The predicted molar refractivity (Wildman–Crippen MR) is 111 cm³/mol. The summed E-state index contributed by atoms with van der Waals surface area (Å²) in [4.78, 5) is 27.0. The van der Waals surface area contributed by atoms with E-state index in [1.54, 1.807) is 42.2 Å². The number of urea groups is 1. The van der Waals surface area contributed by atoms with Crippen LogP contribution in [0.2, 0.25) is 0 Å². The number of nitrogens with zero attached hydrogens (tertiary/aromatic N) is 1. The topological polar surface area (TPSA) is 61.4 Å². The molecule has 1 saturated heterocycles. The summed E-state index contributed by atoms with van der Waals surface area (Å²) in [5, 5.41) is 5.58. The minimum absolute atomic E-state index is 0.101. The van der Waals surface area contributed by atoms with Crippen molar-refractivity contribution in [3.8, 4) is 0 Å². The number of nitrogens with one attached hydrogen (secondary N) is 2. The van der Waals surface area contributed by atoms with E-state index in [2.05, 4.69) is 10.6 Å². The zero-order chi connectivity index (χ0) is 21.7. The van der Waals surface area contributed by atoms with Crippen molar-refractivity contribution in [1.82, 2.24) is 15.5 Å². The van der Waals surface area contributed by atoms with Crippen LogP contribution >= 0.6 is 0 Å². The minimum atomic E-state index is -0.392. The van der Waals surface area contributed by atoms with E-state index in [1.807, 2.05) is 6.92 Å². The molecule has 0 aromatic heterocycles. The van der Waals surface area contributed by atoms with Crippen molar-refractivity contribution in [2.75, 3.05) is 13.1 Å². The molecule has 2 N–H and O–H groups in total. The molecule has 0 saturated carbocycles. The molecule has 0 unspecified atom stereocenters. The number of hydrogen-bond acceptors (Lipinski definition) is 2. The summed E-state index contributed by atoms with van der Waals surface area (Å²) in [6.07, 6.45) is 1.17. The van der Waals surface area contributed by atoms with E-state index >= 15 is 0 Å². The maximum Gasteiger partial charge on any atom is 0.317 e. The average molecular weight is 415 g/mol. The molecule has 0 aliphatic carbocycles. The third-order valence-electron chi connectivity index (χ3n) is 5.52. The van der Waals surface area contributed by atoms with Crippen LogP contribution < -0.4 is 10.6 Å². The Morgan fingerprint density at radius 2 is 1.83 bits per heavy atom. The number of piperidine rings is 1. The second-order valence-corrected chi connectivity index (χ2v) is 7.60. The van der Waals surface area contributed by atoms with Gasteiger partial charge in [0.2, 0.25) is 5.91 Å². The zero-order valence-electron chi connectivity index (χ0n) is 17.3. The van der Waals surface area contributed by atoms with Crippen molar-refractivity contribution in [1.29, 1.82) is 0 Å². The fourth-order valence-corrected chi connectivity index (χ4v) is 3.85. The van der Waals surface area contributed by atoms with Gasteiger partial charge in [0, 0.05) is 25.2 Å². The Morgan fingerprint density at radius 3 is 2.53 bits per heavy atom. The number of halogens is 2. The highest BCUT2D eigenvalue weighted by Crippen LogP contribution is 2.34. The molecular weight excluding hydrogens is 388 g/mol. The lowest BCUT2D eigenvalue weighted by Gasteiger charge is -2.39. The molecule has 1 aliphatic heterocycles. The third-order valence-corrected chi connectivity index (χ3v) is 5.52. The highest BCUT2D eigenvalue weighted by atomic mass is 19.1. The monoisotopic (exact) mass is 415 g/mol. The van der Waals surface area contributed by atoms with Gasteiger partial charge >= 0.3 is 6.03 Å². The van der Waals surface area contributed by atoms with Gasteiger partial charge in [0.25, 0.3) is 0 Å². The van der Waals surface area contributed by atoms with E-state index in [1.165, 1.54) is 12.1 Å². The molecular formula is C23H27F2N3O2. The van der Waals surface area contributed by atoms with Crippen LogP contribution in [0.5, 0.6) is 0 Å². The van der Waals surface area contributed by atoms with Crippen LogP contribution in [0.1, 0.15) is 42.5 Å². The minimum Gasteiger partial charge on any atom is -0.352 e. The molecule has 2 aromatic carbocycles. The van der Waals surface area contributed by atoms with E-state index in [0.29, 0.717) is 30.5 Å². The molecule has 2 aromatic rings. The van der Waals surface area contributed by atoms with Crippen LogP contribution in [-0.2, 0) is 11.3 Å². The molecule has 0 spiro atoms. The lowest BCUT2D eigenvalue weighted by Crippen LogP contribution is -2.50. The summed E-state index contributed by atoms with van der Waals surface area (Å²) in [5.41, 5.74) is 1.79. The highest BCUT2D eigenvalue weighted by molar-refractivity contribution is 5.81. The van der Waals surface area contributed by atoms with Crippen molar-refractivity contribution in [3.63, 3.8) is 0 Å². The van der Waals surface area contributed by atoms with Gasteiger partial charge in [-0.05, 0) is 49.9 Å². The molecule has 2 atom stereocenters. The van der Waals surface area contributed by atoms with Gasteiger partial charge in [0.1, 0.15) is 11.6 Å². The van der Waals surface area contributed by atoms with Gasteiger partial charge in [-0.25, -0.2) is 13.6 Å². The standard InChI is InChI=1S/C23H27F2N3O2/c1-3-26-23(30)28-14-18(22(29)27-13-17-6-4-5-7-20(17)25)9-11-21(28)16-8-10-19(24)15(2)12-16/h4-8,10,12,18,21H,3,9,11,13-14H2,1-2H3,(H,26,30)(H,27,29)/t18-,21-/m0/s1. The normalized spacial score (nSPS) is 18.7. The molecule has 3 amide bonds. The average Bonchev–Trinajstić information content (AvgIpc) is 2.74. The highest BCUT2D eigenvalue weighted by Gasteiger charge is 2.35. The first-order chi connectivity index (χ1) is 14.4. The molecule has 0 bridgehead atoms. The SMILES string of the molecule is CCNC(=O)N1C[C@@H](C(=O)NCc2ccccc2F)CC[C@H]1c1ccc(F)c(C)c1. The number of aryl methyl sites for hydroxylation is 1. The molecule has 3 rings (SSSR count). The molecule has 160 valence electrons. The van der Waals surface area contributed by atoms with Crippen LogP contribution in [0.4, 0.5) is 13.6 Å². The van der Waals surface area contributed by atoms with Gasteiger partial charge in [-0.3, -0.25) is 4.79 Å². The molecule has 7 heteroatoms. The maximum atomic E-state index is 13.8. The molecule has 5 nitrogen and oxygen atoms in total. The Morgan fingerprint density at radius 1 is 1.07 bits per heavy atom. The lowest BCUT2D eigenvalue weighted by atomic mass is 9.88. The van der Waals surface area contributed by atoms with Crippen molar-refractivity contribution in [3.05, 3.63) is 70.8 Å². The quantitative estimate of drug-likeness (QED) is 0.773. The Hall–Kier alpha value is -2.96. The Bertz CT molecular complexity index is 919. The Kier molecular flexibility index (Phi) is 7.03. The zero-order valence-corrected chi connectivity index (χ0v) is 17.3. The number of rotatable bonds is 5. The summed E-state index contributed by atoms with van der Waals surface area (Å²) in [7, 11) is 0. The lowest BCUT2D eigenvalue weighted by molar-refractivity contribution is -0.126. The molecule has 1 heterocycles. The predicted octanol–water partition coefficient (Wildman–Crippen LogP) is 4.07. The van der Waals surface area contributed by atoms with Gasteiger partial charge in [0.15, 0.2) is 0 Å². The van der Waals surface area contributed by atoms with E-state index in [4.69, 9.17) is 0 Å². The Labute approximate surface area is 175 Å². The van der Waals surface area contributed by atoms with Crippen LogP contribution in [0.15, 0.2) is 42.5 Å². The van der Waals surface area contributed by atoms with Crippen LogP contribution in [0.3, 0.4) is 0 Å². The summed E-state index contributed by atoms with van der Waals surface area (Å²) < 4.78 is 27.5. The van der Waals surface area contributed by atoms with E-state index in [-0.39, 0.29) is 42.7 Å². The van der Waals surface area contributed by atoms with Crippen molar-refractivity contribution in [2.24, 2.45) is 5.92 Å². The van der Waals surface area contributed by atoms with Gasteiger partial charge in [0.05, 0.1) is 12.0 Å².